The Balaban J connectivity index is 1.76. The smallest absolute Gasteiger partial charge is 0.194 e. The van der Waals surface area contributed by atoms with Gasteiger partial charge in [0, 0.05) is 47.1 Å². The van der Waals surface area contributed by atoms with E-state index in [4.69, 9.17) is 9.97 Å². The third kappa shape index (κ3) is 1.85. The van der Waals surface area contributed by atoms with Crippen LogP contribution in [0, 0.1) is 0 Å². The second-order valence-electron chi connectivity index (χ2n) is 6.88. The molecule has 1 N–H and O–H groups in total. The summed E-state index contributed by atoms with van der Waals surface area (Å²) in [7, 11) is 0. The van der Waals surface area contributed by atoms with Crippen LogP contribution >= 0.6 is 0 Å². The molecule has 4 aliphatic rings. The van der Waals surface area contributed by atoms with Gasteiger partial charge >= 0.3 is 0 Å². The number of hydrazine groups is 1. The van der Waals surface area contributed by atoms with Crippen molar-refractivity contribution in [2.45, 2.75) is 18.9 Å². The van der Waals surface area contributed by atoms with Crippen molar-refractivity contribution in [3.05, 3.63) is 60.6 Å². The van der Waals surface area contributed by atoms with Crippen molar-refractivity contribution in [2.24, 2.45) is 0 Å². The lowest BCUT2D eigenvalue weighted by molar-refractivity contribution is -0.557. The van der Waals surface area contributed by atoms with Gasteiger partial charge in [-0.3, -0.25) is 4.98 Å². The summed E-state index contributed by atoms with van der Waals surface area (Å²) in [5.74, 6) is 0.923. The topological polar surface area (TPSA) is 53.7 Å². The Bertz CT molecular complexity index is 1170. The predicted octanol–water partition coefficient (Wildman–Crippen LogP) is 3.54. The number of fused-ring (bicyclic) bond motifs is 3. The molecule has 0 radical (unpaired) electrons. The van der Waals surface area contributed by atoms with Gasteiger partial charge in [0.2, 0.25) is 0 Å². The molecule has 1 atom stereocenters. The van der Waals surface area contributed by atoms with Crippen LogP contribution in [0.15, 0.2) is 55.0 Å². The van der Waals surface area contributed by atoms with Crippen molar-refractivity contribution in [1.82, 2.24) is 15.0 Å². The number of hydrazone groups is 1. The fraction of sp³-hybridized carbons (Fsp3) is 0.143. The van der Waals surface area contributed by atoms with E-state index in [9.17, 15) is 0 Å². The van der Waals surface area contributed by atoms with Crippen LogP contribution in [-0.4, -0.2) is 31.9 Å². The summed E-state index contributed by atoms with van der Waals surface area (Å²) in [4.78, 5) is 13.9. The molecule has 0 fully saturated rings. The van der Waals surface area contributed by atoms with Crippen LogP contribution in [0.4, 0.5) is 5.82 Å². The maximum Gasteiger partial charge on any atom is 0.194 e. The molecule has 0 aliphatic carbocycles. The number of rotatable bonds is 1. The van der Waals surface area contributed by atoms with Crippen molar-refractivity contribution in [1.29, 1.82) is 0 Å². The zero-order valence-electron chi connectivity index (χ0n) is 14.1. The highest BCUT2D eigenvalue weighted by Gasteiger charge is 2.38. The molecular weight excluding hydrogens is 322 g/mol. The molecule has 5 heterocycles. The lowest BCUT2D eigenvalue weighted by Gasteiger charge is -2.17. The average Bonchev–Trinajstić information content (AvgIpc) is 2.97. The molecular formula is C21H16N5+. The first kappa shape index (κ1) is 13.9. The maximum absolute atomic E-state index is 5.06. The van der Waals surface area contributed by atoms with E-state index in [0.717, 1.165) is 41.0 Å². The van der Waals surface area contributed by atoms with Gasteiger partial charge in [0.15, 0.2) is 18.1 Å². The van der Waals surface area contributed by atoms with Crippen LogP contribution in [0.5, 0.6) is 0 Å². The molecule has 124 valence electrons. The first-order valence-electron chi connectivity index (χ1n) is 8.87. The number of hydrogen-bond donors (Lipinski definition) is 1. The van der Waals surface area contributed by atoms with Crippen LogP contribution in [0.1, 0.15) is 12.0 Å². The van der Waals surface area contributed by atoms with Gasteiger partial charge in [0.1, 0.15) is 0 Å². The van der Waals surface area contributed by atoms with E-state index in [0.29, 0.717) is 6.04 Å². The van der Waals surface area contributed by atoms with Gasteiger partial charge in [0.05, 0.1) is 17.6 Å². The standard InChI is InChI=1S/C21H16N5/c1-2-4-18-15(3-1)16-11-14-7-10-26(14)25-21-19(16)17(12-23-21)20(24-18)13-5-8-22-9-6-13/h1-6,8-10,12,14H,7,11H2,(H,23,25)/q+1. The van der Waals surface area contributed by atoms with Crippen molar-refractivity contribution in [3.8, 4) is 22.4 Å². The fourth-order valence-electron chi connectivity index (χ4n) is 4.08. The van der Waals surface area contributed by atoms with Crippen molar-refractivity contribution < 1.29 is 4.68 Å². The number of hydrogen-bond acceptors (Lipinski definition) is 4. The Hall–Kier alpha value is -3.34. The number of anilines is 1. The van der Waals surface area contributed by atoms with Gasteiger partial charge in [-0.05, 0) is 23.8 Å². The van der Waals surface area contributed by atoms with Gasteiger partial charge in [-0.25, -0.2) is 9.97 Å². The van der Waals surface area contributed by atoms with Crippen LogP contribution in [0.2, 0.25) is 0 Å². The van der Waals surface area contributed by atoms with Crippen molar-refractivity contribution in [2.75, 3.05) is 5.43 Å². The Kier molecular flexibility index (Phi) is 2.72. The summed E-state index contributed by atoms with van der Waals surface area (Å²) < 4.78 is 2.19. The molecule has 1 aromatic carbocycles. The summed E-state index contributed by atoms with van der Waals surface area (Å²) in [6, 6.07) is 12.9. The molecule has 5 nitrogen and oxygen atoms in total. The molecule has 1 aromatic heterocycles. The van der Waals surface area contributed by atoms with Crippen LogP contribution in [0.25, 0.3) is 33.3 Å². The van der Waals surface area contributed by atoms with Gasteiger partial charge in [-0.15, -0.1) is 10.1 Å². The molecule has 0 spiro atoms. The zero-order valence-corrected chi connectivity index (χ0v) is 14.1. The van der Waals surface area contributed by atoms with Gasteiger partial charge in [0.25, 0.3) is 0 Å². The van der Waals surface area contributed by atoms with E-state index in [1.54, 1.807) is 0 Å². The highest BCUT2D eigenvalue weighted by Crippen LogP contribution is 2.43. The van der Waals surface area contributed by atoms with E-state index in [1.807, 2.05) is 30.7 Å². The van der Waals surface area contributed by atoms with Crippen molar-refractivity contribution >= 4 is 22.9 Å². The summed E-state index contributed by atoms with van der Waals surface area (Å²) in [5, 5.41) is 1.21. The van der Waals surface area contributed by atoms with Gasteiger partial charge in [-0.1, -0.05) is 18.2 Å². The quantitative estimate of drug-likeness (QED) is 0.540. The van der Waals surface area contributed by atoms with E-state index in [-0.39, 0.29) is 0 Å². The largest absolute Gasteiger partial charge is 0.265 e. The Morgan fingerprint density at radius 3 is 2.81 bits per heavy atom. The molecule has 0 bridgehead atoms. The first-order valence-corrected chi connectivity index (χ1v) is 8.87. The minimum Gasteiger partial charge on any atom is -0.265 e. The lowest BCUT2D eigenvalue weighted by atomic mass is 9.93. The van der Waals surface area contributed by atoms with E-state index in [1.165, 1.54) is 16.5 Å². The molecule has 0 amide bonds. The number of para-hydroxylation sites is 1. The normalized spacial score (nSPS) is 17.8. The maximum atomic E-state index is 5.06. The number of aromatic nitrogens is 3. The first-order chi connectivity index (χ1) is 12.9. The summed E-state index contributed by atoms with van der Waals surface area (Å²) in [6.07, 6.45) is 9.85. The summed E-state index contributed by atoms with van der Waals surface area (Å²) in [5.41, 5.74) is 10.1. The highest BCUT2D eigenvalue weighted by atomic mass is 15.5. The van der Waals surface area contributed by atoms with Crippen LogP contribution < -0.4 is 5.43 Å². The molecule has 2 aromatic rings. The summed E-state index contributed by atoms with van der Waals surface area (Å²) >= 11 is 0. The van der Waals surface area contributed by atoms with Crippen LogP contribution in [0.3, 0.4) is 0 Å². The monoisotopic (exact) mass is 338 g/mol. The minimum atomic E-state index is 0.475. The second-order valence-corrected chi connectivity index (χ2v) is 6.88. The highest BCUT2D eigenvalue weighted by molar-refractivity contribution is 5.98. The minimum absolute atomic E-state index is 0.475. The Morgan fingerprint density at radius 2 is 1.96 bits per heavy atom. The lowest BCUT2D eigenvalue weighted by Crippen LogP contribution is -2.41. The molecule has 4 aliphatic heterocycles. The Morgan fingerprint density at radius 1 is 1.08 bits per heavy atom. The predicted molar refractivity (Wildman–Crippen MR) is 101 cm³/mol. The molecule has 5 heteroatoms. The summed E-state index contributed by atoms with van der Waals surface area (Å²) in [6.45, 7) is 0. The number of nitrogens with zero attached hydrogens (tertiary/aromatic N) is 4. The van der Waals surface area contributed by atoms with E-state index in [2.05, 4.69) is 45.6 Å². The number of nitrogens with one attached hydrogen (secondary N) is 1. The number of pyridine rings is 1. The number of benzene rings is 1. The molecule has 6 rings (SSSR count). The molecule has 1 unspecified atom stereocenters. The average molecular weight is 338 g/mol. The SMILES string of the molecule is C1=[N+]2Nc3ncc4c(-c5ccncc5)nc5ccccc5c(c3-4)CC2C1. The van der Waals surface area contributed by atoms with Gasteiger partial charge < -0.3 is 0 Å². The van der Waals surface area contributed by atoms with E-state index < -0.39 is 0 Å². The molecule has 0 saturated heterocycles. The third-order valence-electron chi connectivity index (χ3n) is 5.44. The zero-order chi connectivity index (χ0) is 17.1. The fourth-order valence-corrected chi connectivity index (χ4v) is 4.08. The van der Waals surface area contributed by atoms with Gasteiger partial charge in [-0.2, -0.15) is 0 Å². The van der Waals surface area contributed by atoms with Crippen LogP contribution in [-0.2, 0) is 6.42 Å². The van der Waals surface area contributed by atoms with Crippen molar-refractivity contribution in [3.63, 3.8) is 0 Å². The Labute approximate surface area is 150 Å². The second kappa shape index (κ2) is 5.08. The molecule has 26 heavy (non-hydrogen) atoms. The van der Waals surface area contributed by atoms with E-state index >= 15 is 0 Å². The molecule has 0 saturated carbocycles. The third-order valence-corrected chi connectivity index (χ3v) is 5.44.